The van der Waals surface area contributed by atoms with Gasteiger partial charge >= 0.3 is 6.09 Å². The maximum Gasteiger partial charge on any atom is 0.407 e. The number of carbonyl (C=O) groups is 2. The highest BCUT2D eigenvalue weighted by Crippen LogP contribution is 2.34. The Balaban J connectivity index is 1.68. The number of H-pyrrole nitrogens is 1. The van der Waals surface area contributed by atoms with Crippen molar-refractivity contribution in [2.45, 2.75) is 45.8 Å². The van der Waals surface area contributed by atoms with Crippen LogP contribution in [0.15, 0.2) is 42.5 Å². The highest BCUT2D eigenvalue weighted by Gasteiger charge is 2.22. The van der Waals surface area contributed by atoms with E-state index in [2.05, 4.69) is 21.7 Å². The predicted molar refractivity (Wildman–Crippen MR) is 135 cm³/mol. The number of hydrogen-bond acceptors (Lipinski definition) is 5. The maximum atomic E-state index is 14.5. The van der Waals surface area contributed by atoms with Crippen molar-refractivity contribution in [3.63, 3.8) is 0 Å². The molecule has 9 heteroatoms. The van der Waals surface area contributed by atoms with Gasteiger partial charge in [-0.05, 0) is 56.9 Å². The van der Waals surface area contributed by atoms with Gasteiger partial charge in [0.25, 0.3) is 5.91 Å². The number of benzene rings is 2. The molecule has 1 aromatic heterocycles. The Kier molecular flexibility index (Phi) is 8.33. The Hall–Kier alpha value is -3.90. The van der Waals surface area contributed by atoms with Crippen molar-refractivity contribution in [3.05, 3.63) is 59.5 Å². The number of fused-ring (bicyclic) bond motifs is 1. The van der Waals surface area contributed by atoms with Crippen LogP contribution >= 0.6 is 0 Å². The third kappa shape index (κ3) is 6.83. The minimum atomic E-state index is -0.819. The van der Waals surface area contributed by atoms with E-state index in [1.807, 2.05) is 6.92 Å². The normalized spacial score (nSPS) is 13.0. The van der Waals surface area contributed by atoms with E-state index >= 15 is 0 Å². The van der Waals surface area contributed by atoms with Gasteiger partial charge in [-0.25, -0.2) is 9.18 Å². The fourth-order valence-corrected chi connectivity index (χ4v) is 3.87. The van der Waals surface area contributed by atoms with E-state index in [0.717, 1.165) is 0 Å². The molecule has 2 atom stereocenters. The minimum absolute atomic E-state index is 0.0251. The molecular weight excluding hydrogens is 463 g/mol. The van der Waals surface area contributed by atoms with E-state index in [-0.39, 0.29) is 30.2 Å². The molecule has 0 aliphatic heterocycles. The minimum Gasteiger partial charge on any atom is -0.444 e. The van der Waals surface area contributed by atoms with Crippen molar-refractivity contribution in [2.75, 3.05) is 13.1 Å². The molecule has 1 unspecified atom stereocenters. The van der Waals surface area contributed by atoms with Gasteiger partial charge in [0, 0.05) is 24.0 Å². The van der Waals surface area contributed by atoms with E-state index < -0.39 is 29.5 Å². The molecule has 0 spiro atoms. The quantitative estimate of drug-likeness (QED) is 0.367. The molecule has 0 aliphatic rings. The highest BCUT2D eigenvalue weighted by molar-refractivity contribution is 6.09. The number of aromatic nitrogens is 1. The van der Waals surface area contributed by atoms with E-state index in [1.165, 1.54) is 6.07 Å². The number of nitrogens with one attached hydrogen (secondary N) is 3. The zero-order valence-electron chi connectivity index (χ0n) is 20.8. The fourth-order valence-electron chi connectivity index (χ4n) is 3.87. The van der Waals surface area contributed by atoms with Crippen molar-refractivity contribution in [3.8, 4) is 17.2 Å². The molecule has 0 aliphatic carbocycles. The van der Waals surface area contributed by atoms with E-state index in [9.17, 15) is 19.1 Å². The van der Waals surface area contributed by atoms with Gasteiger partial charge in [-0.2, -0.15) is 5.26 Å². The topological polar surface area (TPSA) is 127 Å². The van der Waals surface area contributed by atoms with Crippen molar-refractivity contribution in [1.29, 1.82) is 5.26 Å². The first-order valence-electron chi connectivity index (χ1n) is 11.7. The van der Waals surface area contributed by atoms with E-state index in [4.69, 9.17) is 10.00 Å². The number of nitriles is 1. The van der Waals surface area contributed by atoms with Crippen molar-refractivity contribution >= 4 is 22.9 Å². The zero-order valence-corrected chi connectivity index (χ0v) is 20.8. The van der Waals surface area contributed by atoms with Crippen molar-refractivity contribution in [2.24, 2.45) is 5.92 Å². The lowest BCUT2D eigenvalue weighted by Crippen LogP contribution is -2.38. The Morgan fingerprint density at radius 2 is 1.83 bits per heavy atom. The van der Waals surface area contributed by atoms with Gasteiger partial charge < -0.3 is 25.5 Å². The Bertz CT molecular complexity index is 1270. The van der Waals surface area contributed by atoms with E-state index in [1.54, 1.807) is 57.2 Å². The molecule has 1 heterocycles. The van der Waals surface area contributed by atoms with Crippen LogP contribution in [0.1, 0.15) is 50.2 Å². The summed E-state index contributed by atoms with van der Waals surface area (Å²) in [6.45, 7) is 7.40. The molecule has 0 saturated carbocycles. The van der Waals surface area contributed by atoms with Crippen LogP contribution in [-0.2, 0) is 4.74 Å². The van der Waals surface area contributed by atoms with Gasteiger partial charge in [0.2, 0.25) is 0 Å². The van der Waals surface area contributed by atoms with Crippen LogP contribution in [0.3, 0.4) is 0 Å². The average Bonchev–Trinajstić information content (AvgIpc) is 3.21. The Labute approximate surface area is 209 Å². The molecule has 0 saturated heterocycles. The second-order valence-electron chi connectivity index (χ2n) is 9.81. The number of aromatic amines is 1. The first-order chi connectivity index (χ1) is 17.0. The lowest BCUT2D eigenvalue weighted by Gasteiger charge is -2.21. The first-order valence-corrected chi connectivity index (χ1v) is 11.7. The van der Waals surface area contributed by atoms with E-state index in [0.29, 0.717) is 28.5 Å². The molecule has 4 N–H and O–H groups in total. The molecule has 0 fully saturated rings. The molecule has 3 rings (SSSR count). The predicted octanol–water partition coefficient (Wildman–Crippen LogP) is 4.49. The third-order valence-electron chi connectivity index (χ3n) is 5.48. The summed E-state index contributed by atoms with van der Waals surface area (Å²) >= 11 is 0. The van der Waals surface area contributed by atoms with Crippen LogP contribution in [0.4, 0.5) is 9.18 Å². The van der Waals surface area contributed by atoms with Crippen LogP contribution in [0.2, 0.25) is 0 Å². The number of carbonyl (C=O) groups excluding carboxylic acids is 2. The second-order valence-corrected chi connectivity index (χ2v) is 9.81. The summed E-state index contributed by atoms with van der Waals surface area (Å²) in [5, 5.41) is 25.3. The van der Waals surface area contributed by atoms with Crippen LogP contribution in [0.25, 0.3) is 22.0 Å². The summed E-state index contributed by atoms with van der Waals surface area (Å²) in [6.07, 6.45) is -1.09. The number of ether oxygens (including phenoxy) is 1. The smallest absolute Gasteiger partial charge is 0.407 e. The first kappa shape index (κ1) is 26.7. The summed E-state index contributed by atoms with van der Waals surface area (Å²) in [4.78, 5) is 27.8. The lowest BCUT2D eigenvalue weighted by molar-refractivity contribution is 0.0481. The Morgan fingerprint density at radius 1 is 1.14 bits per heavy atom. The van der Waals surface area contributed by atoms with Crippen LogP contribution in [0.5, 0.6) is 0 Å². The van der Waals surface area contributed by atoms with Crippen molar-refractivity contribution in [1.82, 2.24) is 15.6 Å². The number of aliphatic hydroxyl groups is 1. The van der Waals surface area contributed by atoms with Crippen LogP contribution in [-0.4, -0.2) is 46.9 Å². The standard InChI is InChI=1S/C27H31FN4O4/c1-16(12-19(33)15-31-26(35)36-27(2,3)4)14-30-25(34)24-22(18-10-8-17(13-29)9-11-18)20-6-5-7-21(28)23(20)32-24/h5-11,16,19,32-33H,12,14-15H2,1-4H3,(H,30,34)(H,31,35)/t16-,19?/m0/s1. The average molecular weight is 495 g/mol. The number of halogens is 1. The number of nitrogens with zero attached hydrogens (tertiary/aromatic N) is 1. The Morgan fingerprint density at radius 3 is 2.47 bits per heavy atom. The number of amides is 2. The van der Waals surface area contributed by atoms with Crippen LogP contribution < -0.4 is 10.6 Å². The SMILES string of the molecule is C[C@H](CNC(=O)c1[nH]c2c(F)cccc2c1-c1ccc(C#N)cc1)CC(O)CNC(=O)OC(C)(C)C. The highest BCUT2D eigenvalue weighted by atomic mass is 19.1. The molecule has 3 aromatic rings. The van der Waals surface area contributed by atoms with Gasteiger partial charge in [-0.1, -0.05) is 31.2 Å². The number of aliphatic hydroxyl groups excluding tert-OH is 1. The maximum absolute atomic E-state index is 14.5. The molecule has 0 radical (unpaired) electrons. The molecule has 190 valence electrons. The molecule has 2 aromatic carbocycles. The van der Waals surface area contributed by atoms with Crippen molar-refractivity contribution < 1.29 is 23.8 Å². The summed E-state index contributed by atoms with van der Waals surface area (Å²) < 4.78 is 19.6. The number of hydrogen-bond donors (Lipinski definition) is 4. The zero-order chi connectivity index (χ0) is 26.5. The third-order valence-corrected chi connectivity index (χ3v) is 5.48. The largest absolute Gasteiger partial charge is 0.444 e. The van der Waals surface area contributed by atoms with Crippen LogP contribution in [0, 0.1) is 23.1 Å². The van der Waals surface area contributed by atoms with Gasteiger partial charge in [-0.3, -0.25) is 4.79 Å². The molecule has 8 nitrogen and oxygen atoms in total. The number of para-hydroxylation sites is 1. The summed E-state index contributed by atoms with van der Waals surface area (Å²) in [5.41, 5.74) is 1.49. The number of alkyl carbamates (subject to hydrolysis) is 1. The molecular formula is C27H31FN4O4. The van der Waals surface area contributed by atoms with Gasteiger partial charge in [0.15, 0.2) is 0 Å². The summed E-state index contributed by atoms with van der Waals surface area (Å²) in [6, 6.07) is 13.4. The number of rotatable bonds is 8. The van der Waals surface area contributed by atoms with Gasteiger partial charge in [0.1, 0.15) is 17.1 Å². The fraction of sp³-hybridized carbons (Fsp3) is 0.370. The van der Waals surface area contributed by atoms with Gasteiger partial charge in [-0.15, -0.1) is 0 Å². The molecule has 2 amide bonds. The summed E-state index contributed by atoms with van der Waals surface area (Å²) in [7, 11) is 0. The monoisotopic (exact) mass is 494 g/mol. The molecule has 36 heavy (non-hydrogen) atoms. The second kappa shape index (κ2) is 11.2. The lowest BCUT2D eigenvalue weighted by atomic mass is 10.00. The summed E-state index contributed by atoms with van der Waals surface area (Å²) in [5.74, 6) is -1.00. The van der Waals surface area contributed by atoms with Gasteiger partial charge in [0.05, 0.1) is 23.3 Å². The molecule has 0 bridgehead atoms.